The van der Waals surface area contributed by atoms with Crippen LogP contribution in [0.5, 0.6) is 5.75 Å². The number of benzene rings is 1. The number of fused-ring (bicyclic) bond motifs is 1. The van der Waals surface area contributed by atoms with E-state index in [-0.39, 0.29) is 18.5 Å². The maximum Gasteiger partial charge on any atom is 0.410 e. The Balaban J connectivity index is 1.46. The van der Waals surface area contributed by atoms with E-state index in [1.807, 2.05) is 57.2 Å². The highest BCUT2D eigenvalue weighted by molar-refractivity contribution is 7.14. The van der Waals surface area contributed by atoms with Crippen LogP contribution < -0.4 is 10.1 Å². The van der Waals surface area contributed by atoms with E-state index < -0.39 is 18.2 Å². The van der Waals surface area contributed by atoms with E-state index in [1.54, 1.807) is 29.4 Å². The van der Waals surface area contributed by atoms with Crippen molar-refractivity contribution in [3.05, 3.63) is 81.3 Å². The highest BCUT2D eigenvalue weighted by Gasteiger charge is 2.27. The van der Waals surface area contributed by atoms with E-state index in [0.29, 0.717) is 30.1 Å². The van der Waals surface area contributed by atoms with Crippen LogP contribution in [0, 0.1) is 0 Å². The summed E-state index contributed by atoms with van der Waals surface area (Å²) < 4.78 is 10.7. The van der Waals surface area contributed by atoms with Gasteiger partial charge in [0, 0.05) is 30.4 Å². The fourth-order valence-electron chi connectivity index (χ4n) is 4.00. The molecule has 9 nitrogen and oxygen atoms in total. The van der Waals surface area contributed by atoms with Crippen LogP contribution in [-0.2, 0) is 22.5 Å². The van der Waals surface area contributed by atoms with E-state index in [1.165, 1.54) is 11.3 Å². The summed E-state index contributed by atoms with van der Waals surface area (Å²) in [4.78, 5) is 43.9. The van der Waals surface area contributed by atoms with Crippen molar-refractivity contribution in [1.29, 1.82) is 0 Å². The number of carbonyl (C=O) groups excluding carboxylic acids is 2. The number of hydrogen-bond acceptors (Lipinski definition) is 7. The Morgan fingerprint density at radius 2 is 1.95 bits per heavy atom. The van der Waals surface area contributed by atoms with E-state index in [4.69, 9.17) is 14.6 Å². The third kappa shape index (κ3) is 7.90. The molecule has 0 saturated carbocycles. The summed E-state index contributed by atoms with van der Waals surface area (Å²) in [5, 5.41) is 11.8. The van der Waals surface area contributed by atoms with E-state index in [9.17, 15) is 14.4 Å². The van der Waals surface area contributed by atoms with Gasteiger partial charge in [0.25, 0.3) is 5.91 Å². The van der Waals surface area contributed by atoms with Crippen molar-refractivity contribution in [2.45, 2.75) is 39.3 Å². The molecule has 1 aliphatic heterocycles. The van der Waals surface area contributed by atoms with Gasteiger partial charge in [0.05, 0.1) is 11.4 Å². The highest BCUT2D eigenvalue weighted by Crippen LogP contribution is 2.29. The van der Waals surface area contributed by atoms with Crippen LogP contribution in [0.2, 0.25) is 0 Å². The van der Waals surface area contributed by atoms with Gasteiger partial charge in [-0.15, -0.1) is 11.3 Å². The predicted octanol–water partition coefficient (Wildman–Crippen LogP) is 4.87. The molecule has 4 rings (SSSR count). The average Bonchev–Trinajstić information content (AvgIpc) is 3.33. The molecule has 0 radical (unpaired) electrons. The van der Waals surface area contributed by atoms with Gasteiger partial charge in [-0.1, -0.05) is 18.2 Å². The van der Waals surface area contributed by atoms with E-state index in [2.05, 4.69) is 10.3 Å². The molecule has 10 heteroatoms. The summed E-state index contributed by atoms with van der Waals surface area (Å²) in [6.07, 6.45) is 5.69. The molecule has 2 aromatic heterocycles. The van der Waals surface area contributed by atoms with Gasteiger partial charge in [-0.25, -0.2) is 9.59 Å². The monoisotopic (exact) mass is 549 g/mol. The average molecular weight is 550 g/mol. The van der Waals surface area contributed by atoms with Gasteiger partial charge in [0.2, 0.25) is 0 Å². The molecule has 204 valence electrons. The lowest BCUT2D eigenvalue weighted by Crippen LogP contribution is -2.39. The number of rotatable bonds is 8. The summed E-state index contributed by atoms with van der Waals surface area (Å²) in [5.41, 5.74) is 2.97. The van der Waals surface area contributed by atoms with Gasteiger partial charge in [0.1, 0.15) is 11.4 Å². The number of carbonyl (C=O) groups is 3. The first kappa shape index (κ1) is 27.8. The fraction of sp³-hybridized carbons (Fsp3) is 0.310. The van der Waals surface area contributed by atoms with E-state index >= 15 is 0 Å². The first-order valence-corrected chi connectivity index (χ1v) is 13.3. The molecule has 0 atom stereocenters. The Hall–Kier alpha value is -4.18. The molecule has 2 amide bonds. The Kier molecular flexibility index (Phi) is 8.65. The van der Waals surface area contributed by atoms with Crippen molar-refractivity contribution in [2.24, 2.45) is 0 Å². The molecule has 1 aliphatic rings. The zero-order valence-electron chi connectivity index (χ0n) is 22.1. The summed E-state index contributed by atoms with van der Waals surface area (Å²) in [6, 6.07) is 12.6. The maximum absolute atomic E-state index is 13.1. The molecule has 3 heterocycles. The van der Waals surface area contributed by atoms with Crippen LogP contribution in [0.3, 0.4) is 0 Å². The number of carboxylic acid groups (broad SMARTS) is 1. The Morgan fingerprint density at radius 3 is 2.62 bits per heavy atom. The minimum Gasteiger partial charge on any atom is -0.482 e. The molecule has 0 fully saturated rings. The molecule has 2 N–H and O–H groups in total. The van der Waals surface area contributed by atoms with Gasteiger partial charge in [0.15, 0.2) is 6.61 Å². The third-order valence-corrected chi connectivity index (χ3v) is 7.03. The lowest BCUT2D eigenvalue weighted by molar-refractivity contribution is -0.139. The normalized spacial score (nSPS) is 13.4. The van der Waals surface area contributed by atoms with Crippen molar-refractivity contribution in [3.8, 4) is 5.75 Å². The molecule has 0 aliphatic carbocycles. The number of carboxylic acids is 1. The first-order chi connectivity index (χ1) is 18.6. The van der Waals surface area contributed by atoms with Crippen molar-refractivity contribution in [3.63, 3.8) is 0 Å². The zero-order chi connectivity index (χ0) is 28.0. The second-order valence-corrected chi connectivity index (χ2v) is 11.2. The van der Waals surface area contributed by atoms with Gasteiger partial charge >= 0.3 is 12.1 Å². The molecule has 39 heavy (non-hydrogen) atoms. The molecule has 1 aromatic carbocycles. The van der Waals surface area contributed by atoms with Gasteiger partial charge < -0.3 is 24.8 Å². The summed E-state index contributed by atoms with van der Waals surface area (Å²) >= 11 is 1.45. The summed E-state index contributed by atoms with van der Waals surface area (Å²) in [5.74, 6) is -0.807. The van der Waals surface area contributed by atoms with Crippen molar-refractivity contribution >= 4 is 41.0 Å². The molecular weight excluding hydrogens is 518 g/mol. The number of nitrogens with zero attached hydrogens (tertiary/aromatic N) is 2. The van der Waals surface area contributed by atoms with E-state index in [0.717, 1.165) is 27.1 Å². The molecular formula is C29H31N3O6S. The molecule has 0 bridgehead atoms. The van der Waals surface area contributed by atoms with Crippen LogP contribution in [-0.4, -0.2) is 58.3 Å². The van der Waals surface area contributed by atoms with Crippen LogP contribution in [0.1, 0.15) is 52.0 Å². The minimum absolute atomic E-state index is 0.197. The number of amides is 2. The Bertz CT molecular complexity index is 1360. The van der Waals surface area contributed by atoms with Crippen molar-refractivity contribution in [1.82, 2.24) is 15.2 Å². The number of ether oxygens (including phenoxy) is 2. The Labute approximate surface area is 231 Å². The quantitative estimate of drug-likeness (QED) is 0.412. The van der Waals surface area contributed by atoms with Crippen molar-refractivity contribution < 1.29 is 29.0 Å². The molecule has 0 unspecified atom stereocenters. The number of pyridine rings is 1. The lowest BCUT2D eigenvalue weighted by Gasteiger charge is -2.29. The molecule has 0 saturated heterocycles. The second-order valence-electron chi connectivity index (χ2n) is 10.1. The number of hydrogen-bond donors (Lipinski definition) is 2. The van der Waals surface area contributed by atoms with Crippen LogP contribution in [0.4, 0.5) is 4.79 Å². The van der Waals surface area contributed by atoms with Crippen molar-refractivity contribution in [2.75, 3.05) is 19.7 Å². The minimum atomic E-state index is -1.05. The highest BCUT2D eigenvalue weighted by atomic mass is 32.1. The number of aliphatic carboxylic acids is 1. The largest absolute Gasteiger partial charge is 0.482 e. The number of thiophene rings is 1. The standard InChI is InChI=1S/C29H31N3O6S/c1-29(2,3)38-28(36)32-12-10-24-22(17-32)14-25(39-24)27(35)31-16-21(13-19-5-4-11-30-15-19)20-6-8-23(9-7-20)37-18-26(33)34/h4-9,11,13-15H,10,12,16-18H2,1-3H3,(H,31,35)(H,33,34). The van der Waals surface area contributed by atoms with Crippen LogP contribution in [0.15, 0.2) is 54.9 Å². The summed E-state index contributed by atoms with van der Waals surface area (Å²) in [7, 11) is 0. The topological polar surface area (TPSA) is 118 Å². The molecule has 0 spiro atoms. The smallest absolute Gasteiger partial charge is 0.410 e. The maximum atomic E-state index is 13.1. The first-order valence-electron chi connectivity index (χ1n) is 12.5. The summed E-state index contributed by atoms with van der Waals surface area (Å²) in [6.45, 7) is 6.32. The SMILES string of the molecule is CC(C)(C)OC(=O)N1CCc2sc(C(=O)NCC(=Cc3cccnc3)c3ccc(OCC(=O)O)cc3)cc2C1. The van der Waals surface area contributed by atoms with Gasteiger partial charge in [-0.3, -0.25) is 9.78 Å². The lowest BCUT2D eigenvalue weighted by atomic mass is 10.0. The number of nitrogens with one attached hydrogen (secondary N) is 1. The fourth-order valence-corrected chi connectivity index (χ4v) is 5.08. The second kappa shape index (κ2) is 12.1. The van der Waals surface area contributed by atoms with Crippen LogP contribution >= 0.6 is 11.3 Å². The predicted molar refractivity (Wildman–Crippen MR) is 149 cm³/mol. The molecule has 3 aromatic rings. The zero-order valence-corrected chi connectivity index (χ0v) is 22.9. The van der Waals surface area contributed by atoms with Gasteiger partial charge in [-0.2, -0.15) is 0 Å². The Morgan fingerprint density at radius 1 is 1.18 bits per heavy atom. The van der Waals surface area contributed by atoms with Gasteiger partial charge in [-0.05, 0) is 79.8 Å². The number of aromatic nitrogens is 1. The van der Waals surface area contributed by atoms with Crippen LogP contribution in [0.25, 0.3) is 11.6 Å². The third-order valence-electron chi connectivity index (χ3n) is 5.79.